The van der Waals surface area contributed by atoms with E-state index in [1.165, 1.54) is 31.5 Å². The van der Waals surface area contributed by atoms with Crippen LogP contribution >= 0.6 is 0 Å². The van der Waals surface area contributed by atoms with Crippen molar-refractivity contribution in [3.63, 3.8) is 0 Å². The second kappa shape index (κ2) is 16.7. The van der Waals surface area contributed by atoms with Crippen molar-refractivity contribution in [2.24, 2.45) is 0 Å². The molecule has 0 amide bonds. The van der Waals surface area contributed by atoms with E-state index in [4.69, 9.17) is 19.4 Å². The van der Waals surface area contributed by atoms with Gasteiger partial charge in [0.2, 0.25) is 0 Å². The summed E-state index contributed by atoms with van der Waals surface area (Å²) in [6.45, 7) is 0. The van der Waals surface area contributed by atoms with Gasteiger partial charge in [-0.25, -0.2) is 15.0 Å². The van der Waals surface area contributed by atoms with Crippen LogP contribution < -0.4 is 20.7 Å². The van der Waals surface area contributed by atoms with E-state index < -0.39 is 8.07 Å². The molecule has 10 aromatic carbocycles. The highest BCUT2D eigenvalue weighted by atomic mass is 28.3. The number of furan rings is 1. The van der Waals surface area contributed by atoms with Gasteiger partial charge in [0.25, 0.3) is 0 Å². The van der Waals surface area contributed by atoms with Gasteiger partial charge in [0, 0.05) is 38.2 Å². The largest absolute Gasteiger partial charge is 0.456 e. The van der Waals surface area contributed by atoms with Crippen molar-refractivity contribution in [3.05, 3.63) is 255 Å². The first-order chi connectivity index (χ1) is 34.2. The van der Waals surface area contributed by atoms with Crippen molar-refractivity contribution >= 4 is 72.6 Å². The van der Waals surface area contributed by atoms with Gasteiger partial charge in [0.15, 0.2) is 25.5 Å². The van der Waals surface area contributed by atoms with Crippen LogP contribution in [0.25, 0.3) is 94.7 Å². The molecule has 3 aromatic heterocycles. The molecule has 0 N–H and O–H groups in total. The molecule has 69 heavy (non-hydrogen) atoms. The van der Waals surface area contributed by atoms with Crippen LogP contribution in [0.4, 0.5) is 0 Å². The summed E-state index contributed by atoms with van der Waals surface area (Å²) in [5, 5.41) is 9.86. The van der Waals surface area contributed by atoms with Crippen LogP contribution in [-0.4, -0.2) is 27.6 Å². The first-order valence-electron chi connectivity index (χ1n) is 23.3. The molecule has 6 heteroatoms. The zero-order valence-electron chi connectivity index (χ0n) is 37.4. The molecule has 0 saturated carbocycles. The summed E-state index contributed by atoms with van der Waals surface area (Å²) in [5.74, 6) is 1.79. The van der Waals surface area contributed by atoms with Gasteiger partial charge in [0.05, 0.1) is 16.7 Å². The minimum Gasteiger partial charge on any atom is -0.456 e. The Kier molecular flexibility index (Phi) is 9.77. The second-order valence-electron chi connectivity index (χ2n) is 17.5. The number of rotatable bonds is 9. The zero-order chi connectivity index (χ0) is 45.7. The number of benzene rings is 10. The Hall–Kier alpha value is -8.97. The maximum atomic E-state index is 6.27. The summed E-state index contributed by atoms with van der Waals surface area (Å²) in [6.07, 6.45) is 0. The molecule has 0 fully saturated rings. The SMILES string of the molecule is c1ccc([Si](c2ccccc2)(c2ccccc2)c2ccc(-c3nc(-c4ccc(-c5ccc6c(c5)oc5ccccc56)cc4)nc(-c4ccccc4-n4c5ccccc5c5ccccc54)n3)cc2)cc1. The molecule has 324 valence electrons. The van der Waals surface area contributed by atoms with Crippen LogP contribution in [0.15, 0.2) is 259 Å². The summed E-state index contributed by atoms with van der Waals surface area (Å²) in [7, 11) is -2.75. The molecule has 0 aliphatic heterocycles. The number of aromatic nitrogens is 4. The fourth-order valence-electron chi connectivity index (χ4n) is 10.4. The Morgan fingerprint density at radius 1 is 0.304 bits per heavy atom. The topological polar surface area (TPSA) is 56.7 Å². The van der Waals surface area contributed by atoms with Gasteiger partial charge in [-0.3, -0.25) is 0 Å². The van der Waals surface area contributed by atoms with Crippen molar-refractivity contribution < 1.29 is 4.42 Å². The fourth-order valence-corrected chi connectivity index (χ4v) is 15.2. The maximum absolute atomic E-state index is 6.27. The first kappa shape index (κ1) is 40.3. The molecule has 13 rings (SSSR count). The lowest BCUT2D eigenvalue weighted by Gasteiger charge is -2.34. The molecular formula is C63H42N4OSi. The number of hydrogen-bond acceptors (Lipinski definition) is 4. The fraction of sp³-hybridized carbons (Fsp3) is 0. The Morgan fingerprint density at radius 3 is 1.32 bits per heavy atom. The van der Waals surface area contributed by atoms with E-state index in [2.05, 4.69) is 247 Å². The van der Waals surface area contributed by atoms with Gasteiger partial charge in [-0.05, 0) is 74.3 Å². The maximum Gasteiger partial charge on any atom is 0.179 e. The third-order valence-corrected chi connectivity index (χ3v) is 18.5. The third kappa shape index (κ3) is 6.80. The van der Waals surface area contributed by atoms with Gasteiger partial charge in [-0.15, -0.1) is 0 Å². The van der Waals surface area contributed by atoms with Gasteiger partial charge >= 0.3 is 0 Å². The van der Waals surface area contributed by atoms with Crippen molar-refractivity contribution in [2.75, 3.05) is 0 Å². The second-order valence-corrected chi connectivity index (χ2v) is 21.3. The predicted molar refractivity (Wildman–Crippen MR) is 287 cm³/mol. The molecular weight excluding hydrogens is 857 g/mol. The Bertz CT molecular complexity index is 3850. The van der Waals surface area contributed by atoms with E-state index >= 15 is 0 Å². The quantitative estimate of drug-likeness (QED) is 0.107. The number of fused-ring (bicyclic) bond motifs is 6. The van der Waals surface area contributed by atoms with Crippen LogP contribution in [0.5, 0.6) is 0 Å². The molecule has 5 nitrogen and oxygen atoms in total. The Morgan fingerprint density at radius 2 is 0.725 bits per heavy atom. The Labute approximate surface area is 400 Å². The molecule has 0 radical (unpaired) electrons. The summed E-state index contributed by atoms with van der Waals surface area (Å²) >= 11 is 0. The monoisotopic (exact) mass is 898 g/mol. The lowest BCUT2D eigenvalue weighted by molar-refractivity contribution is 0.669. The lowest BCUT2D eigenvalue weighted by Crippen LogP contribution is -2.74. The van der Waals surface area contributed by atoms with Crippen molar-refractivity contribution in [3.8, 4) is 51.0 Å². The zero-order valence-corrected chi connectivity index (χ0v) is 38.4. The molecule has 0 unspecified atom stereocenters. The molecule has 13 aromatic rings. The highest BCUT2D eigenvalue weighted by Gasteiger charge is 2.41. The average molecular weight is 899 g/mol. The molecule has 0 bridgehead atoms. The van der Waals surface area contributed by atoms with Crippen molar-refractivity contribution in [1.29, 1.82) is 0 Å². The standard InChI is InChI=1S/C63H42N4OSi/c1-4-18-47(19-5-1)69(48-20-6-2-7-21-48,49-22-8-3-9-23-49)50-39-36-45(37-40-50)62-64-61(44-34-32-43(33-35-44)46-38-41-54-53-26-13-17-31-59(53)68-60(54)42-46)65-63(66-62)55-27-12-16-30-58(55)67-56-28-14-10-24-51(56)52-25-11-15-29-57(52)67/h1-42H. The van der Waals surface area contributed by atoms with E-state index in [1.54, 1.807) is 0 Å². The molecule has 0 aliphatic carbocycles. The van der Waals surface area contributed by atoms with Crippen LogP contribution in [0.3, 0.4) is 0 Å². The van der Waals surface area contributed by atoms with Crippen LogP contribution in [0.2, 0.25) is 0 Å². The van der Waals surface area contributed by atoms with Crippen LogP contribution in [-0.2, 0) is 0 Å². The van der Waals surface area contributed by atoms with E-state index in [-0.39, 0.29) is 0 Å². The van der Waals surface area contributed by atoms with Crippen LogP contribution in [0, 0.1) is 0 Å². The highest BCUT2D eigenvalue weighted by Crippen LogP contribution is 2.37. The third-order valence-electron chi connectivity index (χ3n) is 13.7. The molecule has 0 aliphatic rings. The van der Waals surface area contributed by atoms with E-state index in [9.17, 15) is 0 Å². The summed E-state index contributed by atoms with van der Waals surface area (Å²) < 4.78 is 8.61. The van der Waals surface area contributed by atoms with E-state index in [1.807, 2.05) is 12.1 Å². The lowest BCUT2D eigenvalue weighted by atomic mass is 10.0. The molecule has 0 saturated heterocycles. The summed E-state index contributed by atoms with van der Waals surface area (Å²) in [5.41, 5.74) is 9.85. The molecule has 3 heterocycles. The normalized spacial score (nSPS) is 11.8. The van der Waals surface area contributed by atoms with Gasteiger partial charge in [-0.1, -0.05) is 212 Å². The highest BCUT2D eigenvalue weighted by molar-refractivity contribution is 7.19. The minimum atomic E-state index is -2.75. The molecule has 0 spiro atoms. The number of hydrogen-bond donors (Lipinski definition) is 0. The smallest absolute Gasteiger partial charge is 0.179 e. The summed E-state index contributed by atoms with van der Waals surface area (Å²) in [4.78, 5) is 16.0. The van der Waals surface area contributed by atoms with Crippen molar-refractivity contribution in [1.82, 2.24) is 19.5 Å². The van der Waals surface area contributed by atoms with E-state index in [0.29, 0.717) is 17.5 Å². The van der Waals surface area contributed by atoms with E-state index in [0.717, 1.165) is 66.5 Å². The summed E-state index contributed by atoms with van der Waals surface area (Å²) in [6, 6.07) is 90.8. The number of para-hydroxylation sites is 4. The first-order valence-corrected chi connectivity index (χ1v) is 25.3. The number of nitrogens with zero attached hydrogens (tertiary/aromatic N) is 4. The van der Waals surface area contributed by atoms with Crippen LogP contribution in [0.1, 0.15) is 0 Å². The predicted octanol–water partition coefficient (Wildman–Crippen LogP) is 12.9. The molecule has 0 atom stereocenters. The van der Waals surface area contributed by atoms with Gasteiger partial charge < -0.3 is 8.98 Å². The minimum absolute atomic E-state index is 0.594. The average Bonchev–Trinajstić information content (AvgIpc) is 3.98. The van der Waals surface area contributed by atoms with Gasteiger partial charge in [-0.2, -0.15) is 0 Å². The van der Waals surface area contributed by atoms with Gasteiger partial charge in [0.1, 0.15) is 11.2 Å². The Balaban J connectivity index is 0.975. The van der Waals surface area contributed by atoms with Crippen molar-refractivity contribution in [2.45, 2.75) is 0 Å².